The van der Waals surface area contributed by atoms with Crippen LogP contribution in [0, 0.1) is 0 Å². The van der Waals surface area contributed by atoms with Crippen molar-refractivity contribution in [2.75, 3.05) is 10.6 Å². The topological polar surface area (TPSA) is 66.9 Å². The SMILES string of the molecule is O=C(Nc1ccc(Nc2nc(-c3ccncc3)cs2)cc1)c1ccccc1C(F)(F)F. The standard InChI is InChI=1S/C22H15F3N4OS/c23-22(24,25)18-4-2-1-3-17(18)20(30)27-15-5-7-16(8-6-15)28-21-29-19(13-31-21)14-9-11-26-12-10-14/h1-13H,(H,27,30)(H,28,29). The van der Waals surface area contributed by atoms with E-state index in [1.54, 1.807) is 36.7 Å². The number of nitrogens with zero attached hydrogens (tertiary/aromatic N) is 2. The van der Waals surface area contributed by atoms with E-state index in [1.807, 2.05) is 17.5 Å². The molecule has 0 saturated heterocycles. The van der Waals surface area contributed by atoms with E-state index in [-0.39, 0.29) is 0 Å². The minimum atomic E-state index is -4.61. The number of rotatable bonds is 5. The Morgan fingerprint density at radius 1 is 0.903 bits per heavy atom. The Hall–Kier alpha value is -3.72. The van der Waals surface area contributed by atoms with Crippen molar-refractivity contribution >= 4 is 33.8 Å². The number of aromatic nitrogens is 2. The highest BCUT2D eigenvalue weighted by molar-refractivity contribution is 7.14. The minimum absolute atomic E-state index is 0.379. The maximum Gasteiger partial charge on any atom is 0.417 e. The lowest BCUT2D eigenvalue weighted by atomic mass is 10.1. The normalized spacial score (nSPS) is 11.2. The first-order valence-corrected chi connectivity index (χ1v) is 9.99. The van der Waals surface area contributed by atoms with Gasteiger partial charge in [-0.1, -0.05) is 12.1 Å². The molecule has 2 heterocycles. The monoisotopic (exact) mass is 440 g/mol. The number of hydrogen-bond acceptors (Lipinski definition) is 5. The van der Waals surface area contributed by atoms with E-state index in [4.69, 9.17) is 0 Å². The van der Waals surface area contributed by atoms with Crippen LogP contribution in [0.5, 0.6) is 0 Å². The van der Waals surface area contributed by atoms with E-state index in [0.717, 1.165) is 29.1 Å². The van der Waals surface area contributed by atoms with Crippen LogP contribution >= 0.6 is 11.3 Å². The Kier molecular flexibility index (Phi) is 5.68. The average molecular weight is 440 g/mol. The molecule has 0 spiro atoms. The van der Waals surface area contributed by atoms with Crippen LogP contribution in [-0.2, 0) is 6.18 Å². The third-order valence-corrected chi connectivity index (χ3v) is 5.11. The summed E-state index contributed by atoms with van der Waals surface area (Å²) in [5.74, 6) is -0.824. The molecule has 31 heavy (non-hydrogen) atoms. The number of halogens is 3. The van der Waals surface area contributed by atoms with Gasteiger partial charge in [0.2, 0.25) is 0 Å². The summed E-state index contributed by atoms with van der Waals surface area (Å²) < 4.78 is 39.4. The zero-order chi connectivity index (χ0) is 21.8. The zero-order valence-corrected chi connectivity index (χ0v) is 16.7. The Balaban J connectivity index is 1.44. The number of hydrogen-bond donors (Lipinski definition) is 2. The van der Waals surface area contributed by atoms with Crippen molar-refractivity contribution in [1.82, 2.24) is 9.97 Å². The molecular weight excluding hydrogens is 425 g/mol. The van der Waals surface area contributed by atoms with E-state index >= 15 is 0 Å². The zero-order valence-electron chi connectivity index (χ0n) is 15.9. The van der Waals surface area contributed by atoms with Crippen molar-refractivity contribution in [3.05, 3.63) is 89.6 Å². The summed E-state index contributed by atoms with van der Waals surface area (Å²) in [6, 6.07) is 15.0. The van der Waals surface area contributed by atoms with E-state index < -0.39 is 23.2 Å². The first kappa shape index (κ1) is 20.5. The van der Waals surface area contributed by atoms with E-state index in [2.05, 4.69) is 20.6 Å². The molecule has 4 aromatic rings. The van der Waals surface area contributed by atoms with Gasteiger partial charge in [-0.15, -0.1) is 11.3 Å². The lowest BCUT2D eigenvalue weighted by Crippen LogP contribution is -2.18. The number of carbonyl (C=O) groups excluding carboxylic acids is 1. The van der Waals surface area contributed by atoms with Crippen LogP contribution in [0.4, 0.5) is 29.7 Å². The van der Waals surface area contributed by atoms with Gasteiger partial charge in [0, 0.05) is 34.7 Å². The molecule has 2 N–H and O–H groups in total. The average Bonchev–Trinajstić information content (AvgIpc) is 3.24. The van der Waals surface area contributed by atoms with Crippen molar-refractivity contribution in [1.29, 1.82) is 0 Å². The van der Waals surface area contributed by atoms with Gasteiger partial charge in [-0.3, -0.25) is 9.78 Å². The number of amides is 1. The van der Waals surface area contributed by atoms with Crippen molar-refractivity contribution in [3.8, 4) is 11.3 Å². The van der Waals surface area contributed by atoms with Gasteiger partial charge in [0.25, 0.3) is 5.91 Å². The molecule has 2 aromatic carbocycles. The summed E-state index contributed by atoms with van der Waals surface area (Å²) in [5.41, 5.74) is 1.48. The van der Waals surface area contributed by atoms with Gasteiger partial charge in [0.05, 0.1) is 16.8 Å². The molecule has 0 radical (unpaired) electrons. The first-order valence-electron chi connectivity index (χ1n) is 9.11. The van der Waals surface area contributed by atoms with Gasteiger partial charge in [-0.05, 0) is 48.5 Å². The first-order chi connectivity index (χ1) is 14.9. The number of alkyl halides is 3. The molecular formula is C22H15F3N4OS. The summed E-state index contributed by atoms with van der Waals surface area (Å²) in [5, 5.41) is 8.27. The quantitative estimate of drug-likeness (QED) is 0.387. The smallest absolute Gasteiger partial charge is 0.332 e. The maximum absolute atomic E-state index is 13.1. The van der Waals surface area contributed by atoms with Crippen LogP contribution in [0.1, 0.15) is 15.9 Å². The molecule has 4 rings (SSSR count). The van der Waals surface area contributed by atoms with Gasteiger partial charge in [-0.25, -0.2) is 4.98 Å². The fourth-order valence-electron chi connectivity index (χ4n) is 2.87. The highest BCUT2D eigenvalue weighted by atomic mass is 32.1. The van der Waals surface area contributed by atoms with Gasteiger partial charge in [-0.2, -0.15) is 13.2 Å². The Morgan fingerprint density at radius 3 is 2.29 bits per heavy atom. The third kappa shape index (κ3) is 4.89. The summed E-state index contributed by atoms with van der Waals surface area (Å²) in [4.78, 5) is 20.9. The predicted molar refractivity (Wildman–Crippen MR) is 114 cm³/mol. The minimum Gasteiger partial charge on any atom is -0.332 e. The maximum atomic E-state index is 13.1. The fraction of sp³-hybridized carbons (Fsp3) is 0.0455. The fourth-order valence-corrected chi connectivity index (χ4v) is 3.61. The highest BCUT2D eigenvalue weighted by Crippen LogP contribution is 2.32. The molecule has 5 nitrogen and oxygen atoms in total. The molecule has 156 valence electrons. The summed E-state index contributed by atoms with van der Waals surface area (Å²) >= 11 is 1.44. The van der Waals surface area contributed by atoms with Crippen molar-refractivity contribution in [3.63, 3.8) is 0 Å². The van der Waals surface area contributed by atoms with Crippen LogP contribution in [0.2, 0.25) is 0 Å². The molecule has 0 aliphatic carbocycles. The molecule has 9 heteroatoms. The molecule has 0 unspecified atom stereocenters. The lowest BCUT2D eigenvalue weighted by Gasteiger charge is -2.13. The number of nitrogens with one attached hydrogen (secondary N) is 2. The molecule has 0 fully saturated rings. The summed E-state index contributed by atoms with van der Waals surface area (Å²) in [6.07, 6.45) is -1.21. The van der Waals surface area contributed by atoms with Gasteiger partial charge in [0.15, 0.2) is 5.13 Å². The second kappa shape index (κ2) is 8.57. The van der Waals surface area contributed by atoms with Gasteiger partial charge < -0.3 is 10.6 Å². The van der Waals surface area contributed by atoms with Crippen LogP contribution in [-0.4, -0.2) is 15.9 Å². The molecule has 1 amide bonds. The molecule has 0 bridgehead atoms. The van der Waals surface area contributed by atoms with Gasteiger partial charge >= 0.3 is 6.18 Å². The molecule has 0 aliphatic rings. The molecule has 0 saturated carbocycles. The number of thiazole rings is 1. The Bertz CT molecular complexity index is 1190. The van der Waals surface area contributed by atoms with E-state index in [9.17, 15) is 18.0 Å². The van der Waals surface area contributed by atoms with Crippen molar-refractivity contribution in [2.45, 2.75) is 6.18 Å². The van der Waals surface area contributed by atoms with Crippen LogP contribution in [0.15, 0.2) is 78.4 Å². The number of benzene rings is 2. The van der Waals surface area contributed by atoms with Crippen molar-refractivity contribution in [2.24, 2.45) is 0 Å². The Labute approximate surface area is 179 Å². The van der Waals surface area contributed by atoms with Crippen LogP contribution in [0.25, 0.3) is 11.3 Å². The molecule has 2 aromatic heterocycles. The number of anilines is 3. The molecule has 0 aliphatic heterocycles. The number of carbonyl (C=O) groups is 1. The predicted octanol–water partition coefficient (Wildman–Crippen LogP) is 6.22. The lowest BCUT2D eigenvalue weighted by molar-refractivity contribution is -0.137. The van der Waals surface area contributed by atoms with E-state index in [1.165, 1.54) is 23.5 Å². The second-order valence-corrected chi connectivity index (χ2v) is 7.33. The van der Waals surface area contributed by atoms with E-state index in [0.29, 0.717) is 10.8 Å². The number of pyridine rings is 1. The van der Waals surface area contributed by atoms with Crippen LogP contribution in [0.3, 0.4) is 0 Å². The third-order valence-electron chi connectivity index (χ3n) is 4.35. The Morgan fingerprint density at radius 2 is 1.58 bits per heavy atom. The van der Waals surface area contributed by atoms with Crippen LogP contribution < -0.4 is 10.6 Å². The molecule has 0 atom stereocenters. The summed E-state index contributed by atoms with van der Waals surface area (Å²) in [7, 11) is 0. The highest BCUT2D eigenvalue weighted by Gasteiger charge is 2.34. The van der Waals surface area contributed by atoms with Crippen molar-refractivity contribution < 1.29 is 18.0 Å². The largest absolute Gasteiger partial charge is 0.417 e. The summed E-state index contributed by atoms with van der Waals surface area (Å²) in [6.45, 7) is 0. The second-order valence-electron chi connectivity index (χ2n) is 6.47. The van der Waals surface area contributed by atoms with Gasteiger partial charge in [0.1, 0.15) is 0 Å².